The fourth-order valence-corrected chi connectivity index (χ4v) is 3.20. The first-order chi connectivity index (χ1) is 9.04. The van der Waals surface area contributed by atoms with Gasteiger partial charge in [0.2, 0.25) is 5.91 Å². The molecule has 0 bridgehead atoms. The largest absolute Gasteiger partial charge is 0.478 e. The van der Waals surface area contributed by atoms with Gasteiger partial charge in [-0.15, -0.1) is 0 Å². The highest BCUT2D eigenvalue weighted by Gasteiger charge is 2.47. The van der Waals surface area contributed by atoms with E-state index in [1.54, 1.807) is 6.07 Å². The highest BCUT2D eigenvalue weighted by Crippen LogP contribution is 2.54. The number of nitrogens with one attached hydrogen (secondary N) is 1. The van der Waals surface area contributed by atoms with Crippen LogP contribution in [0, 0.1) is 17.8 Å². The van der Waals surface area contributed by atoms with Crippen LogP contribution in [0.15, 0.2) is 18.2 Å². The molecule has 2 fully saturated rings. The van der Waals surface area contributed by atoms with Gasteiger partial charge in [-0.1, -0.05) is 11.6 Å². The van der Waals surface area contributed by atoms with Crippen molar-refractivity contribution in [3.05, 3.63) is 28.8 Å². The summed E-state index contributed by atoms with van der Waals surface area (Å²) in [6.07, 6.45) is 3.25. The molecule has 0 aromatic heterocycles. The molecule has 2 unspecified atom stereocenters. The Morgan fingerprint density at radius 2 is 1.89 bits per heavy atom. The molecule has 2 aliphatic carbocycles. The van der Waals surface area contributed by atoms with E-state index in [0.29, 0.717) is 5.69 Å². The van der Waals surface area contributed by atoms with Crippen LogP contribution >= 0.6 is 11.6 Å². The summed E-state index contributed by atoms with van der Waals surface area (Å²) in [5, 5.41) is 11.8. The minimum Gasteiger partial charge on any atom is -0.478 e. The number of anilines is 1. The van der Waals surface area contributed by atoms with E-state index < -0.39 is 5.97 Å². The number of carboxylic acid groups (broad SMARTS) is 1. The van der Waals surface area contributed by atoms with Crippen LogP contribution in [0.2, 0.25) is 5.02 Å². The first-order valence-corrected chi connectivity index (χ1v) is 6.76. The number of halogens is 1. The molecule has 3 rings (SSSR count). The van der Waals surface area contributed by atoms with Crippen LogP contribution in [0.1, 0.15) is 29.6 Å². The number of hydrogen-bond donors (Lipinski definition) is 2. The van der Waals surface area contributed by atoms with Gasteiger partial charge in [0, 0.05) is 11.6 Å². The number of hydrogen-bond acceptors (Lipinski definition) is 2. The van der Waals surface area contributed by atoms with Crippen molar-refractivity contribution in [3.8, 4) is 0 Å². The second kappa shape index (κ2) is 4.53. The maximum absolute atomic E-state index is 12.0. The second-order valence-electron chi connectivity index (χ2n) is 5.41. The van der Waals surface area contributed by atoms with E-state index in [1.807, 2.05) is 0 Å². The van der Waals surface area contributed by atoms with E-state index in [9.17, 15) is 9.59 Å². The Hall–Kier alpha value is -1.55. The van der Waals surface area contributed by atoms with Gasteiger partial charge in [-0.2, -0.15) is 0 Å². The number of carbonyl (C=O) groups excluding carboxylic acids is 1. The number of fused-ring (bicyclic) bond motifs is 1. The Kier molecular flexibility index (Phi) is 2.97. The summed E-state index contributed by atoms with van der Waals surface area (Å²) in [7, 11) is 0. The molecule has 2 aliphatic rings. The van der Waals surface area contributed by atoms with Gasteiger partial charge in [-0.05, 0) is 49.3 Å². The number of carbonyl (C=O) groups is 2. The van der Waals surface area contributed by atoms with Gasteiger partial charge in [0.25, 0.3) is 0 Å². The average molecular weight is 280 g/mol. The van der Waals surface area contributed by atoms with E-state index in [-0.39, 0.29) is 22.4 Å². The zero-order chi connectivity index (χ0) is 13.6. The number of aromatic carboxylic acids is 1. The lowest BCUT2D eigenvalue weighted by molar-refractivity contribution is -0.120. The van der Waals surface area contributed by atoms with Gasteiger partial charge >= 0.3 is 5.97 Å². The normalized spacial score (nSPS) is 27.7. The molecular formula is C14H14ClNO3. The molecule has 0 heterocycles. The van der Waals surface area contributed by atoms with E-state index in [1.165, 1.54) is 18.6 Å². The summed E-state index contributed by atoms with van der Waals surface area (Å²) in [6, 6.07) is 4.47. The van der Waals surface area contributed by atoms with E-state index in [0.717, 1.165) is 24.7 Å². The van der Waals surface area contributed by atoms with Crippen LogP contribution in [0.25, 0.3) is 0 Å². The van der Waals surface area contributed by atoms with Crippen LogP contribution < -0.4 is 5.32 Å². The van der Waals surface area contributed by atoms with Crippen molar-refractivity contribution >= 4 is 29.2 Å². The lowest BCUT2D eigenvalue weighted by atomic mass is 10.0. The maximum Gasteiger partial charge on any atom is 0.337 e. The van der Waals surface area contributed by atoms with Gasteiger partial charge in [-0.3, -0.25) is 4.79 Å². The molecule has 0 aliphatic heterocycles. The third-order valence-electron chi connectivity index (χ3n) is 4.08. The summed E-state index contributed by atoms with van der Waals surface area (Å²) >= 11 is 5.87. The third-order valence-corrected chi connectivity index (χ3v) is 4.39. The van der Waals surface area contributed by atoms with Crippen molar-refractivity contribution in [2.45, 2.75) is 19.3 Å². The van der Waals surface area contributed by atoms with Crippen LogP contribution in [0.3, 0.4) is 0 Å². The smallest absolute Gasteiger partial charge is 0.337 e. The fourth-order valence-electron chi connectivity index (χ4n) is 2.94. The fraction of sp³-hybridized carbons (Fsp3) is 0.429. The Morgan fingerprint density at radius 1 is 1.21 bits per heavy atom. The van der Waals surface area contributed by atoms with Gasteiger partial charge < -0.3 is 10.4 Å². The van der Waals surface area contributed by atoms with Crippen LogP contribution in [-0.4, -0.2) is 17.0 Å². The van der Waals surface area contributed by atoms with Crippen molar-refractivity contribution in [2.24, 2.45) is 17.8 Å². The number of rotatable bonds is 3. The van der Waals surface area contributed by atoms with Crippen LogP contribution in [-0.2, 0) is 4.79 Å². The van der Waals surface area contributed by atoms with Crippen molar-refractivity contribution in [1.29, 1.82) is 0 Å². The zero-order valence-corrected chi connectivity index (χ0v) is 11.0. The molecule has 1 aromatic carbocycles. The molecule has 2 atom stereocenters. The van der Waals surface area contributed by atoms with Crippen LogP contribution in [0.5, 0.6) is 0 Å². The Balaban J connectivity index is 1.67. The predicted octanol–water partition coefficient (Wildman–Crippen LogP) is 3.02. The van der Waals surface area contributed by atoms with Crippen molar-refractivity contribution < 1.29 is 14.7 Å². The van der Waals surface area contributed by atoms with Crippen molar-refractivity contribution in [3.63, 3.8) is 0 Å². The Morgan fingerprint density at radius 3 is 2.47 bits per heavy atom. The molecule has 0 saturated heterocycles. The van der Waals surface area contributed by atoms with Gasteiger partial charge in [-0.25, -0.2) is 4.79 Å². The molecule has 2 N–H and O–H groups in total. The zero-order valence-electron chi connectivity index (χ0n) is 10.2. The Bertz CT molecular complexity index is 548. The summed E-state index contributed by atoms with van der Waals surface area (Å²) in [5.74, 6) is 0.564. The van der Waals surface area contributed by atoms with E-state index >= 15 is 0 Å². The van der Waals surface area contributed by atoms with Gasteiger partial charge in [0.15, 0.2) is 0 Å². The minimum absolute atomic E-state index is 0.0198. The molecule has 2 saturated carbocycles. The predicted molar refractivity (Wildman–Crippen MR) is 71.4 cm³/mol. The molecule has 5 heteroatoms. The summed E-state index contributed by atoms with van der Waals surface area (Å²) < 4.78 is 0. The highest BCUT2D eigenvalue weighted by atomic mass is 35.5. The standard InChI is InChI=1S/C14H14ClNO3/c15-12-6-10(1-2-11(12)14(18)19)16-13(17)9-4-7-3-8(7)5-9/h1-2,6-9H,3-5H2,(H,16,17)(H,18,19). The second-order valence-corrected chi connectivity index (χ2v) is 5.82. The quantitative estimate of drug-likeness (QED) is 0.894. The van der Waals surface area contributed by atoms with E-state index in [2.05, 4.69) is 5.32 Å². The molecule has 100 valence electrons. The molecule has 19 heavy (non-hydrogen) atoms. The topological polar surface area (TPSA) is 66.4 Å². The maximum atomic E-state index is 12.0. The molecule has 0 spiro atoms. The third kappa shape index (κ3) is 2.45. The average Bonchev–Trinajstić information content (AvgIpc) is 2.95. The summed E-state index contributed by atoms with van der Waals surface area (Å²) in [6.45, 7) is 0. The van der Waals surface area contributed by atoms with Crippen LogP contribution in [0.4, 0.5) is 5.69 Å². The lowest BCUT2D eigenvalue weighted by Crippen LogP contribution is -2.21. The minimum atomic E-state index is -1.07. The molecule has 1 aromatic rings. The SMILES string of the molecule is O=C(O)c1ccc(NC(=O)C2CC3CC3C2)cc1Cl. The van der Waals surface area contributed by atoms with Crippen molar-refractivity contribution in [2.75, 3.05) is 5.32 Å². The monoisotopic (exact) mass is 279 g/mol. The molecule has 0 radical (unpaired) electrons. The highest BCUT2D eigenvalue weighted by molar-refractivity contribution is 6.33. The van der Waals surface area contributed by atoms with Gasteiger partial charge in [0.1, 0.15) is 0 Å². The molecule has 4 nitrogen and oxygen atoms in total. The summed E-state index contributed by atoms with van der Waals surface area (Å²) in [4.78, 5) is 22.9. The first kappa shape index (κ1) is 12.5. The molecule has 1 amide bonds. The first-order valence-electron chi connectivity index (χ1n) is 6.38. The molecular weight excluding hydrogens is 266 g/mol. The number of carboxylic acids is 1. The lowest BCUT2D eigenvalue weighted by Gasteiger charge is -2.12. The number of benzene rings is 1. The van der Waals surface area contributed by atoms with E-state index in [4.69, 9.17) is 16.7 Å². The number of amides is 1. The van der Waals surface area contributed by atoms with Crippen molar-refractivity contribution in [1.82, 2.24) is 0 Å². The Labute approximate surface area is 115 Å². The van der Waals surface area contributed by atoms with Gasteiger partial charge in [0.05, 0.1) is 10.6 Å². The summed E-state index contributed by atoms with van der Waals surface area (Å²) in [5.41, 5.74) is 0.599.